The minimum absolute atomic E-state index is 0.531. The van der Waals surface area contributed by atoms with Gasteiger partial charge in [0.15, 0.2) is 0 Å². The van der Waals surface area contributed by atoms with Crippen molar-refractivity contribution in [3.8, 4) is 16.9 Å². The third-order valence-electron chi connectivity index (χ3n) is 3.35. The van der Waals surface area contributed by atoms with Gasteiger partial charge in [-0.25, -0.2) is 0 Å². The van der Waals surface area contributed by atoms with E-state index >= 15 is 0 Å². The summed E-state index contributed by atoms with van der Waals surface area (Å²) in [6.45, 7) is 3.86. The number of hydrogen-bond donors (Lipinski definition) is 0. The maximum atomic E-state index is 5.68. The van der Waals surface area contributed by atoms with Gasteiger partial charge in [-0.05, 0) is 36.3 Å². The third-order valence-corrected chi connectivity index (χ3v) is 3.35. The molecule has 2 rings (SSSR count). The van der Waals surface area contributed by atoms with Crippen molar-refractivity contribution in [3.63, 3.8) is 0 Å². The molecule has 0 amide bonds. The normalized spacial score (nSPS) is 11.2. The van der Waals surface area contributed by atoms with Gasteiger partial charge in [-0.1, -0.05) is 47.6 Å². The molecule has 0 radical (unpaired) electrons. The second kappa shape index (κ2) is 10.2. The minimum Gasteiger partial charge on any atom is -0.490 e. The Morgan fingerprint density at radius 1 is 0.958 bits per heavy atom. The van der Waals surface area contributed by atoms with Crippen molar-refractivity contribution in [3.05, 3.63) is 66.2 Å². The maximum absolute atomic E-state index is 5.68. The van der Waals surface area contributed by atoms with Crippen LogP contribution in [-0.4, -0.2) is 33.1 Å². The summed E-state index contributed by atoms with van der Waals surface area (Å²) in [5.74, 6) is 0.836. The van der Waals surface area contributed by atoms with Crippen molar-refractivity contribution >= 4 is 6.21 Å². The van der Waals surface area contributed by atoms with Crippen LogP contribution < -0.4 is 4.74 Å². The predicted molar refractivity (Wildman–Crippen MR) is 97.6 cm³/mol. The van der Waals surface area contributed by atoms with Gasteiger partial charge in [0, 0.05) is 12.2 Å². The van der Waals surface area contributed by atoms with Crippen molar-refractivity contribution in [1.29, 1.82) is 0 Å². The largest absolute Gasteiger partial charge is 0.490 e. The highest BCUT2D eigenvalue weighted by molar-refractivity contribution is 5.90. The average Bonchev–Trinajstić information content (AvgIpc) is 2.64. The van der Waals surface area contributed by atoms with Crippen LogP contribution in [0.3, 0.4) is 0 Å². The van der Waals surface area contributed by atoms with Gasteiger partial charge in [-0.15, -0.1) is 0 Å². The zero-order chi connectivity index (χ0) is 17.0. The number of rotatable bonds is 9. The summed E-state index contributed by atoms with van der Waals surface area (Å²) in [7, 11) is 1.54. The molecule has 0 N–H and O–H groups in total. The molecule has 0 aromatic heterocycles. The highest BCUT2D eigenvalue weighted by atomic mass is 16.6. The van der Waals surface area contributed by atoms with Crippen molar-refractivity contribution < 1.29 is 14.3 Å². The van der Waals surface area contributed by atoms with Gasteiger partial charge in [0.25, 0.3) is 0 Å². The van der Waals surface area contributed by atoms with Crippen LogP contribution in [0.5, 0.6) is 5.75 Å². The Morgan fingerprint density at radius 2 is 1.71 bits per heavy atom. The first-order valence-electron chi connectivity index (χ1n) is 7.96. The van der Waals surface area contributed by atoms with E-state index in [9.17, 15) is 0 Å². The first-order valence-corrected chi connectivity index (χ1v) is 7.96. The summed E-state index contributed by atoms with van der Waals surface area (Å²) < 4.78 is 10.9. The van der Waals surface area contributed by atoms with Crippen LogP contribution in [0.25, 0.3) is 11.1 Å². The highest BCUT2D eigenvalue weighted by Crippen LogP contribution is 2.25. The molecule has 2 aromatic carbocycles. The topological polar surface area (TPSA) is 40.0 Å². The SMILES string of the molecule is CCOC/C=C/COc1ccc(-c2ccccc2/C=N\OC)cc1. The Balaban J connectivity index is 1.99. The van der Waals surface area contributed by atoms with Crippen LogP contribution >= 0.6 is 0 Å². The van der Waals surface area contributed by atoms with Gasteiger partial charge in [0.05, 0.1) is 12.8 Å². The molecule has 0 atom stereocenters. The number of hydrogen-bond acceptors (Lipinski definition) is 4. The predicted octanol–water partition coefficient (Wildman–Crippen LogP) is 4.31. The molecular formula is C20H23NO3. The molecule has 0 aliphatic heterocycles. The summed E-state index contributed by atoms with van der Waals surface area (Å²) in [4.78, 5) is 4.77. The van der Waals surface area contributed by atoms with Crippen molar-refractivity contribution in [2.45, 2.75) is 6.92 Å². The molecule has 0 bridgehead atoms. The van der Waals surface area contributed by atoms with E-state index < -0.39 is 0 Å². The number of oxime groups is 1. The lowest BCUT2D eigenvalue weighted by Gasteiger charge is -2.08. The zero-order valence-electron chi connectivity index (χ0n) is 14.1. The van der Waals surface area contributed by atoms with Crippen LogP contribution in [0.4, 0.5) is 0 Å². The van der Waals surface area contributed by atoms with Crippen LogP contribution in [-0.2, 0) is 9.57 Å². The van der Waals surface area contributed by atoms with E-state index in [0.717, 1.165) is 29.0 Å². The van der Waals surface area contributed by atoms with E-state index in [4.69, 9.17) is 14.3 Å². The molecule has 0 aliphatic rings. The first-order chi connectivity index (χ1) is 11.8. The molecule has 0 unspecified atom stereocenters. The van der Waals surface area contributed by atoms with Crippen LogP contribution in [0, 0.1) is 0 Å². The van der Waals surface area contributed by atoms with E-state index in [-0.39, 0.29) is 0 Å². The molecule has 0 saturated heterocycles. The lowest BCUT2D eigenvalue weighted by molar-refractivity contribution is 0.177. The summed E-state index contributed by atoms with van der Waals surface area (Å²) in [6.07, 6.45) is 5.63. The summed E-state index contributed by atoms with van der Waals surface area (Å²) in [5.41, 5.74) is 3.21. The number of ether oxygens (including phenoxy) is 2. The fourth-order valence-electron chi connectivity index (χ4n) is 2.18. The minimum atomic E-state index is 0.531. The van der Waals surface area contributed by atoms with Gasteiger partial charge in [0.1, 0.15) is 19.5 Å². The molecular weight excluding hydrogens is 302 g/mol. The highest BCUT2D eigenvalue weighted by Gasteiger charge is 2.03. The number of nitrogens with zero attached hydrogens (tertiary/aromatic N) is 1. The summed E-state index contributed by atoms with van der Waals surface area (Å²) in [5, 5.41) is 3.85. The molecule has 0 aliphatic carbocycles. The van der Waals surface area contributed by atoms with E-state index in [2.05, 4.69) is 11.2 Å². The van der Waals surface area contributed by atoms with Gasteiger partial charge in [0.2, 0.25) is 0 Å². The monoisotopic (exact) mass is 325 g/mol. The van der Waals surface area contributed by atoms with Crippen molar-refractivity contribution in [2.24, 2.45) is 5.16 Å². The summed E-state index contributed by atoms with van der Waals surface area (Å²) >= 11 is 0. The lowest BCUT2D eigenvalue weighted by atomic mass is 10.0. The van der Waals surface area contributed by atoms with Crippen molar-refractivity contribution in [2.75, 3.05) is 26.9 Å². The van der Waals surface area contributed by atoms with Crippen LogP contribution in [0.2, 0.25) is 0 Å². The quantitative estimate of drug-likeness (QED) is 0.299. The first kappa shape index (κ1) is 17.8. The second-order valence-corrected chi connectivity index (χ2v) is 4.97. The van der Waals surface area contributed by atoms with Crippen LogP contribution in [0.15, 0.2) is 65.8 Å². The van der Waals surface area contributed by atoms with E-state index in [1.165, 1.54) is 7.11 Å². The lowest BCUT2D eigenvalue weighted by Crippen LogP contribution is -1.95. The molecule has 2 aromatic rings. The van der Waals surface area contributed by atoms with E-state index in [1.807, 2.05) is 61.5 Å². The fraction of sp³-hybridized carbons (Fsp3) is 0.250. The molecule has 126 valence electrons. The van der Waals surface area contributed by atoms with Gasteiger partial charge >= 0.3 is 0 Å². The molecule has 4 nitrogen and oxygen atoms in total. The molecule has 0 spiro atoms. The Kier molecular flexibility index (Phi) is 7.57. The van der Waals surface area contributed by atoms with Crippen molar-refractivity contribution in [1.82, 2.24) is 0 Å². The van der Waals surface area contributed by atoms with Crippen LogP contribution in [0.1, 0.15) is 12.5 Å². The fourth-order valence-corrected chi connectivity index (χ4v) is 2.18. The van der Waals surface area contributed by atoms with Gasteiger partial charge in [-0.2, -0.15) is 0 Å². The van der Waals surface area contributed by atoms with Gasteiger partial charge in [-0.3, -0.25) is 0 Å². The number of benzene rings is 2. The van der Waals surface area contributed by atoms with Gasteiger partial charge < -0.3 is 14.3 Å². The molecule has 0 fully saturated rings. The Hall–Kier alpha value is -2.59. The molecule has 4 heteroatoms. The van der Waals surface area contributed by atoms with E-state index in [1.54, 1.807) is 6.21 Å². The Bertz CT molecular complexity index is 663. The molecule has 0 saturated carbocycles. The Morgan fingerprint density at radius 3 is 2.46 bits per heavy atom. The third kappa shape index (κ3) is 5.56. The zero-order valence-corrected chi connectivity index (χ0v) is 14.1. The van der Waals surface area contributed by atoms with E-state index in [0.29, 0.717) is 13.2 Å². The molecule has 0 heterocycles. The second-order valence-electron chi connectivity index (χ2n) is 4.97. The standard InChI is InChI=1S/C20H23NO3/c1-3-23-14-6-7-15-24-19-12-10-17(11-13-19)20-9-5-4-8-18(20)16-21-22-2/h4-13,16H,3,14-15H2,1-2H3/b7-6+,21-16-. The smallest absolute Gasteiger partial charge is 0.119 e. The maximum Gasteiger partial charge on any atom is 0.119 e. The Labute approximate surface area is 143 Å². The summed E-state index contributed by atoms with van der Waals surface area (Å²) in [6, 6.07) is 16.1. The molecule has 24 heavy (non-hydrogen) atoms. The average molecular weight is 325 g/mol.